The number of aliphatic carboxylic acids is 1. The second-order valence-electron chi connectivity index (χ2n) is 9.78. The summed E-state index contributed by atoms with van der Waals surface area (Å²) in [6.45, 7) is 0.0847. The fraction of sp³-hybridized carbons (Fsp3) is 0.182. The van der Waals surface area contributed by atoms with Crippen molar-refractivity contribution < 1.29 is 24.2 Å². The van der Waals surface area contributed by atoms with Gasteiger partial charge < -0.3 is 14.7 Å². The second kappa shape index (κ2) is 12.3. The van der Waals surface area contributed by atoms with E-state index in [-0.39, 0.29) is 37.9 Å². The van der Waals surface area contributed by atoms with Crippen molar-refractivity contribution in [3.8, 4) is 11.1 Å². The van der Waals surface area contributed by atoms with E-state index in [0.717, 1.165) is 22.3 Å². The van der Waals surface area contributed by atoms with Crippen molar-refractivity contribution in [1.29, 1.82) is 0 Å². The lowest BCUT2D eigenvalue weighted by molar-refractivity contribution is -0.144. The van der Waals surface area contributed by atoms with Crippen molar-refractivity contribution in [2.75, 3.05) is 18.5 Å². The lowest BCUT2D eigenvalue weighted by atomic mass is 9.98. The lowest BCUT2D eigenvalue weighted by Gasteiger charge is -2.21. The number of carboxylic acids is 1. The molecule has 7 heteroatoms. The van der Waals surface area contributed by atoms with Crippen LogP contribution in [0.4, 0.5) is 10.5 Å². The molecule has 0 saturated carbocycles. The minimum Gasteiger partial charge on any atom is -0.480 e. The molecule has 5 rings (SSSR count). The molecule has 0 bridgehead atoms. The summed E-state index contributed by atoms with van der Waals surface area (Å²) >= 11 is 0. The first-order valence-corrected chi connectivity index (χ1v) is 13.2. The summed E-state index contributed by atoms with van der Waals surface area (Å²) in [7, 11) is 0. The minimum atomic E-state index is -1.06. The highest BCUT2D eigenvalue weighted by Crippen LogP contribution is 2.44. The highest BCUT2D eigenvalue weighted by Gasteiger charge is 2.29. The molecule has 0 radical (unpaired) electrons. The molecule has 7 nitrogen and oxygen atoms in total. The van der Waals surface area contributed by atoms with E-state index in [0.29, 0.717) is 12.1 Å². The van der Waals surface area contributed by atoms with Gasteiger partial charge in [0, 0.05) is 24.6 Å². The van der Waals surface area contributed by atoms with E-state index in [2.05, 4.69) is 29.6 Å². The topological polar surface area (TPSA) is 95.9 Å². The highest BCUT2D eigenvalue weighted by molar-refractivity contribution is 5.85. The summed E-state index contributed by atoms with van der Waals surface area (Å²) in [5.74, 6) is -1.33. The number of hydrogen-bond acceptors (Lipinski definition) is 4. The number of nitrogens with zero attached hydrogens (tertiary/aromatic N) is 1. The molecule has 1 aliphatic carbocycles. The molecule has 0 atom stereocenters. The largest absolute Gasteiger partial charge is 0.480 e. The zero-order chi connectivity index (χ0) is 27.9. The van der Waals surface area contributed by atoms with Crippen molar-refractivity contribution in [2.24, 2.45) is 0 Å². The van der Waals surface area contributed by atoms with Crippen LogP contribution in [0.2, 0.25) is 0 Å². The Morgan fingerprint density at radius 2 is 1.40 bits per heavy atom. The van der Waals surface area contributed by atoms with Gasteiger partial charge in [-0.2, -0.15) is 0 Å². The van der Waals surface area contributed by atoms with E-state index in [1.807, 2.05) is 60.7 Å². The monoisotopic (exact) mass is 534 g/mol. The van der Waals surface area contributed by atoms with Crippen LogP contribution in [0.5, 0.6) is 0 Å². The Bertz CT molecular complexity index is 1470. The number of amides is 2. The fourth-order valence-electron chi connectivity index (χ4n) is 5.17. The van der Waals surface area contributed by atoms with Crippen molar-refractivity contribution in [1.82, 2.24) is 4.90 Å². The minimum absolute atomic E-state index is 0.0277. The average molecular weight is 535 g/mol. The number of benzene rings is 4. The number of ether oxygens (including phenoxy) is 1. The van der Waals surface area contributed by atoms with Gasteiger partial charge in [-0.05, 0) is 51.9 Å². The van der Waals surface area contributed by atoms with Gasteiger partial charge in [0.2, 0.25) is 5.91 Å². The van der Waals surface area contributed by atoms with Crippen molar-refractivity contribution in [2.45, 2.75) is 25.3 Å². The summed E-state index contributed by atoms with van der Waals surface area (Å²) in [6, 6.07) is 32.9. The number of carbonyl (C=O) groups is 3. The predicted molar refractivity (Wildman–Crippen MR) is 153 cm³/mol. The summed E-state index contributed by atoms with van der Waals surface area (Å²) in [5, 5.41) is 12.1. The number of carboxylic acid groups (broad SMARTS) is 1. The maximum Gasteiger partial charge on any atom is 0.411 e. The molecule has 1 aliphatic rings. The van der Waals surface area contributed by atoms with E-state index < -0.39 is 12.1 Å². The number of nitrogens with one attached hydrogen (secondary N) is 1. The fourth-order valence-corrected chi connectivity index (χ4v) is 5.17. The molecule has 40 heavy (non-hydrogen) atoms. The Hall–Kier alpha value is -4.91. The van der Waals surface area contributed by atoms with Gasteiger partial charge in [0.15, 0.2) is 0 Å². The highest BCUT2D eigenvalue weighted by atomic mass is 16.5. The van der Waals surface area contributed by atoms with Gasteiger partial charge in [0.25, 0.3) is 0 Å². The van der Waals surface area contributed by atoms with E-state index in [9.17, 15) is 19.5 Å². The van der Waals surface area contributed by atoms with E-state index in [1.165, 1.54) is 16.0 Å². The zero-order valence-electron chi connectivity index (χ0n) is 22.0. The average Bonchev–Trinajstić information content (AvgIpc) is 3.28. The van der Waals surface area contributed by atoms with Crippen LogP contribution in [0.15, 0.2) is 103 Å². The van der Waals surface area contributed by atoms with Crippen LogP contribution in [0.1, 0.15) is 34.6 Å². The first-order valence-electron chi connectivity index (χ1n) is 13.2. The van der Waals surface area contributed by atoms with E-state index >= 15 is 0 Å². The molecular weight excluding hydrogens is 504 g/mol. The number of aryl methyl sites for hydroxylation is 1. The smallest absolute Gasteiger partial charge is 0.411 e. The van der Waals surface area contributed by atoms with Crippen LogP contribution in [-0.2, 0) is 27.3 Å². The maximum absolute atomic E-state index is 12.9. The quantitative estimate of drug-likeness (QED) is 0.257. The Morgan fingerprint density at radius 1 is 0.775 bits per heavy atom. The van der Waals surface area contributed by atoms with Crippen LogP contribution in [0.25, 0.3) is 11.1 Å². The van der Waals surface area contributed by atoms with Gasteiger partial charge >= 0.3 is 12.1 Å². The molecule has 4 aromatic rings. The zero-order valence-corrected chi connectivity index (χ0v) is 22.0. The number of carbonyl (C=O) groups excluding carboxylic acids is 2. The summed E-state index contributed by atoms with van der Waals surface area (Å²) in [5.41, 5.74) is 6.90. The van der Waals surface area contributed by atoms with E-state index in [4.69, 9.17) is 4.74 Å². The third kappa shape index (κ3) is 6.38. The third-order valence-corrected chi connectivity index (χ3v) is 7.04. The maximum atomic E-state index is 12.9. The molecule has 2 amide bonds. The standard InChI is InChI=1S/C33H30N2O5/c36-31(35(21-32(37)38)20-24-9-2-1-3-10-24)18-17-23-11-8-12-25(19-23)34-33(39)40-22-30-28-15-6-4-13-26(28)27-14-5-7-16-29(27)30/h1-16,19,30H,17-18,20-22H2,(H,34,39)(H,37,38). The molecular formula is C33H30N2O5. The van der Waals surface area contributed by atoms with Crippen LogP contribution >= 0.6 is 0 Å². The molecule has 0 aromatic heterocycles. The van der Waals surface area contributed by atoms with Crippen LogP contribution < -0.4 is 5.32 Å². The Labute approximate surface area is 233 Å². The molecule has 2 N–H and O–H groups in total. The van der Waals surface area contributed by atoms with Gasteiger partial charge in [0.1, 0.15) is 13.2 Å². The molecule has 0 unspecified atom stereocenters. The normalized spacial score (nSPS) is 11.8. The number of hydrogen-bond donors (Lipinski definition) is 2. The van der Waals surface area contributed by atoms with Crippen LogP contribution in [0.3, 0.4) is 0 Å². The number of rotatable bonds is 10. The van der Waals surface area contributed by atoms with Gasteiger partial charge in [-0.25, -0.2) is 4.79 Å². The molecule has 0 heterocycles. The summed E-state index contributed by atoms with van der Waals surface area (Å²) in [6.07, 6.45) is 0.00364. The Kier molecular flexibility index (Phi) is 8.21. The molecule has 0 spiro atoms. The van der Waals surface area contributed by atoms with Gasteiger partial charge in [0.05, 0.1) is 0 Å². The molecule has 0 aliphatic heterocycles. The number of anilines is 1. The van der Waals surface area contributed by atoms with Crippen LogP contribution in [-0.4, -0.2) is 41.1 Å². The Balaban J connectivity index is 1.17. The number of fused-ring (bicyclic) bond motifs is 3. The van der Waals surface area contributed by atoms with Crippen molar-refractivity contribution >= 4 is 23.7 Å². The van der Waals surface area contributed by atoms with Gasteiger partial charge in [-0.15, -0.1) is 0 Å². The van der Waals surface area contributed by atoms with Gasteiger partial charge in [-0.3, -0.25) is 14.9 Å². The molecule has 202 valence electrons. The SMILES string of the molecule is O=C(O)CN(Cc1ccccc1)C(=O)CCc1cccc(NC(=O)OCC2c3ccccc3-c3ccccc32)c1. The summed E-state index contributed by atoms with van der Waals surface area (Å²) in [4.78, 5) is 38.2. The summed E-state index contributed by atoms with van der Waals surface area (Å²) < 4.78 is 5.64. The molecule has 0 fully saturated rings. The molecule has 4 aromatic carbocycles. The van der Waals surface area contributed by atoms with E-state index in [1.54, 1.807) is 18.2 Å². The molecule has 0 saturated heterocycles. The second-order valence-corrected chi connectivity index (χ2v) is 9.78. The third-order valence-electron chi connectivity index (χ3n) is 7.04. The van der Waals surface area contributed by atoms with Gasteiger partial charge in [-0.1, -0.05) is 91.0 Å². The van der Waals surface area contributed by atoms with Crippen molar-refractivity contribution in [3.63, 3.8) is 0 Å². The first-order chi connectivity index (χ1) is 19.5. The van der Waals surface area contributed by atoms with Crippen LogP contribution in [0, 0.1) is 0 Å². The first kappa shape index (κ1) is 26.7. The van der Waals surface area contributed by atoms with Crippen molar-refractivity contribution in [3.05, 3.63) is 125 Å². The lowest BCUT2D eigenvalue weighted by Crippen LogP contribution is -2.35. The predicted octanol–water partition coefficient (Wildman–Crippen LogP) is 6.09. The Morgan fingerprint density at radius 3 is 2.08 bits per heavy atom.